The lowest BCUT2D eigenvalue weighted by Crippen LogP contribution is -2.51. The molecule has 0 unspecified atom stereocenters. The maximum absolute atomic E-state index is 17.3. The number of esters is 4. The fraction of sp³-hybridized carbons (Fsp3) is 0.606. The first kappa shape index (κ1) is 68.9. The van der Waals surface area contributed by atoms with Gasteiger partial charge in [0.15, 0.2) is 49.6 Å². The molecule has 0 atom stereocenters. The number of carbonyl (C=O) groups excluding carboxylic acids is 4. The fourth-order valence-electron chi connectivity index (χ4n) is 10.2. The van der Waals surface area contributed by atoms with E-state index in [9.17, 15) is 29.4 Å². The van der Waals surface area contributed by atoms with Gasteiger partial charge in [-0.3, -0.25) is 42.8 Å². The molecule has 2 N–H and O–H groups in total. The number of hydrogen-bond donors (Lipinski definition) is 2. The van der Waals surface area contributed by atoms with Gasteiger partial charge in [-0.05, 0) is 206 Å². The van der Waals surface area contributed by atoms with Gasteiger partial charge in [-0.15, -0.1) is 0 Å². The first-order valence-electron chi connectivity index (χ1n) is 29.9. The second kappa shape index (κ2) is 27.9. The Morgan fingerprint density at radius 2 is 0.791 bits per heavy atom. The quantitative estimate of drug-likeness (QED) is 0.0323. The van der Waals surface area contributed by atoms with E-state index in [0.717, 1.165) is 64.2 Å². The summed E-state index contributed by atoms with van der Waals surface area (Å²) in [7, 11) is -4.43. The van der Waals surface area contributed by atoms with Crippen LogP contribution < -0.4 is 9.47 Å². The Hall–Kier alpha value is -6.17. The van der Waals surface area contributed by atoms with Gasteiger partial charge in [-0.2, -0.15) is 0 Å². The number of aryl methyl sites for hydroxylation is 2. The van der Waals surface area contributed by atoms with Crippen LogP contribution in [-0.4, -0.2) is 82.1 Å². The van der Waals surface area contributed by atoms with E-state index in [2.05, 4.69) is 0 Å². The van der Waals surface area contributed by atoms with E-state index in [-0.39, 0.29) is 47.3 Å². The van der Waals surface area contributed by atoms with Crippen LogP contribution >= 0.6 is 8.25 Å². The highest BCUT2D eigenvalue weighted by atomic mass is 31.1. The molecular formula is C66H91F2N2O15P. The molecule has 2 fully saturated rings. The van der Waals surface area contributed by atoms with Crippen LogP contribution in [0.15, 0.2) is 36.4 Å². The molecule has 0 radical (unpaired) electrons. The van der Waals surface area contributed by atoms with Gasteiger partial charge in [0.2, 0.25) is 0 Å². The molecule has 0 bridgehead atoms. The van der Waals surface area contributed by atoms with Gasteiger partial charge in [0.1, 0.15) is 11.5 Å². The van der Waals surface area contributed by atoms with Crippen molar-refractivity contribution in [2.45, 2.75) is 211 Å². The van der Waals surface area contributed by atoms with E-state index in [1.807, 2.05) is 0 Å². The average molecular weight is 1220 g/mol. The number of ether oxygens (including phenoxy) is 6. The predicted molar refractivity (Wildman–Crippen MR) is 320 cm³/mol. The molecule has 86 heavy (non-hydrogen) atoms. The van der Waals surface area contributed by atoms with Gasteiger partial charge in [-0.25, -0.2) is 8.78 Å². The Morgan fingerprint density at radius 3 is 1.07 bits per heavy atom. The van der Waals surface area contributed by atoms with E-state index < -0.39 is 115 Å². The summed E-state index contributed by atoms with van der Waals surface area (Å²) < 4.78 is 98.5. The summed E-state index contributed by atoms with van der Waals surface area (Å²) in [6.07, 6.45) is 10.1. The second-order valence-corrected chi connectivity index (χ2v) is 28.3. The minimum atomic E-state index is -4.43. The number of aromatic hydroxyl groups is 2. The molecule has 17 nitrogen and oxygen atoms in total. The lowest BCUT2D eigenvalue weighted by atomic mass is 9.86. The van der Waals surface area contributed by atoms with Crippen molar-refractivity contribution in [1.29, 1.82) is 0 Å². The topological polar surface area (TPSA) is 225 Å². The van der Waals surface area contributed by atoms with Crippen LogP contribution in [0.5, 0.6) is 23.0 Å². The third-order valence-electron chi connectivity index (χ3n) is 15.5. The largest absolute Gasteiger partial charge is 0.506 e. The maximum Gasteiger partial charge on any atom is 0.326 e. The molecular weight excluding hydrogens is 1130 g/mol. The van der Waals surface area contributed by atoms with Crippen molar-refractivity contribution >= 4 is 32.1 Å². The number of aromatic nitrogens is 2. The zero-order valence-electron chi connectivity index (χ0n) is 53.3. The van der Waals surface area contributed by atoms with Crippen molar-refractivity contribution in [3.8, 4) is 23.0 Å². The molecule has 0 spiro atoms. The van der Waals surface area contributed by atoms with Gasteiger partial charge in [0.05, 0.1) is 33.0 Å². The van der Waals surface area contributed by atoms with Crippen molar-refractivity contribution in [3.05, 3.63) is 104 Å². The molecule has 4 aromatic rings. The summed E-state index contributed by atoms with van der Waals surface area (Å²) in [6.45, 7) is 21.2. The smallest absolute Gasteiger partial charge is 0.326 e. The van der Waals surface area contributed by atoms with Crippen molar-refractivity contribution < 1.29 is 80.2 Å². The molecule has 2 aromatic heterocycles. The highest BCUT2D eigenvalue weighted by molar-refractivity contribution is 7.33. The lowest BCUT2D eigenvalue weighted by Gasteiger charge is -2.37. The number of carbonyl (C=O) groups is 4. The van der Waals surface area contributed by atoms with Crippen molar-refractivity contribution in [1.82, 2.24) is 9.97 Å². The van der Waals surface area contributed by atoms with Gasteiger partial charge in [0, 0.05) is 36.1 Å². The number of halogens is 2. The van der Waals surface area contributed by atoms with Crippen LogP contribution in [0.3, 0.4) is 0 Å². The van der Waals surface area contributed by atoms with Crippen molar-refractivity contribution in [2.75, 3.05) is 26.4 Å². The summed E-state index contributed by atoms with van der Waals surface area (Å²) in [5.41, 5.74) is -0.0142. The van der Waals surface area contributed by atoms with Gasteiger partial charge in [-0.1, -0.05) is 38.5 Å². The summed E-state index contributed by atoms with van der Waals surface area (Å²) in [5, 5.41) is 21.7. The summed E-state index contributed by atoms with van der Waals surface area (Å²) in [6, 6.07) is 9.26. The summed E-state index contributed by atoms with van der Waals surface area (Å²) in [5.74, 6) is -11.3. The van der Waals surface area contributed by atoms with Crippen LogP contribution in [-0.2, 0) is 64.6 Å². The molecule has 2 saturated carbocycles. The third kappa shape index (κ3) is 18.0. The second-order valence-electron chi connectivity index (χ2n) is 27.4. The lowest BCUT2D eigenvalue weighted by molar-refractivity contribution is -0.225. The molecule has 2 aliphatic carbocycles. The van der Waals surface area contributed by atoms with Crippen LogP contribution in [0.2, 0.25) is 0 Å². The Kier molecular flexibility index (Phi) is 22.4. The van der Waals surface area contributed by atoms with Gasteiger partial charge < -0.3 is 38.6 Å². The Bertz CT molecular complexity index is 2860. The number of hydrogen-bond acceptors (Lipinski definition) is 17. The monoisotopic (exact) mass is 1220 g/mol. The zero-order chi connectivity index (χ0) is 63.9. The molecule has 2 aliphatic rings. The Balaban J connectivity index is 1.46. The van der Waals surface area contributed by atoms with E-state index in [1.165, 1.54) is 26.0 Å². The van der Waals surface area contributed by atoms with Crippen LogP contribution in [0.25, 0.3) is 0 Å². The molecule has 20 heteroatoms. The van der Waals surface area contributed by atoms with E-state index in [4.69, 9.17) is 47.4 Å². The SMILES string of the molecule is Cc1cc(OC(COC(=O)C(C)(C)C)(COC(=O)C(C)(C)C)O[PH](=O)OC(COC(=O)C(C)(C)C)(COC(=O)C(C)(C)C)Oc2cc(C)c(Cc3ccc(O)c(C4CCCCC4)n3)c(C)c2F)c(F)c(C)c1Cc1ccc(O)c(C2CCCCC2)n1. The molecule has 0 saturated heterocycles. The zero-order valence-corrected chi connectivity index (χ0v) is 54.3. The number of nitrogens with zero attached hydrogens (tertiary/aromatic N) is 2. The molecule has 474 valence electrons. The maximum atomic E-state index is 17.3. The molecule has 0 aliphatic heterocycles. The van der Waals surface area contributed by atoms with Crippen LogP contribution in [0.4, 0.5) is 8.78 Å². The van der Waals surface area contributed by atoms with E-state index in [1.54, 1.807) is 121 Å². The molecule has 6 rings (SSSR count). The molecule has 0 amide bonds. The minimum Gasteiger partial charge on any atom is -0.506 e. The fourth-order valence-corrected chi connectivity index (χ4v) is 11.2. The standard InChI is InChI=1S/C66H91F2N2O15P/c1-39-31-51(53(67)41(3)47(39)33-45-27-29-49(71)55(69-45)43-23-19-17-20-24-43)82-65(35-78-57(73)61(5,6)7,36-79-58(74)62(8,9)10)84-86(77)85-66(37-80-59(75)63(11,12)13,38-81-60(76)64(14,15)16)83-52-32-40(2)48(42(4)54(52)68)34-46-28-30-50(72)56(70-46)44-25-21-18-22-26-44/h27-32,43-44,71-72,86H,17-26,33-38H2,1-16H3. The summed E-state index contributed by atoms with van der Waals surface area (Å²) in [4.78, 5) is 64.4. The molecule has 2 heterocycles. The number of rotatable bonds is 22. The normalized spacial score (nSPS) is 15.1. The number of benzene rings is 2. The third-order valence-corrected chi connectivity index (χ3v) is 16.6. The summed E-state index contributed by atoms with van der Waals surface area (Å²) >= 11 is 0. The van der Waals surface area contributed by atoms with Crippen LogP contribution in [0, 0.1) is 61.0 Å². The van der Waals surface area contributed by atoms with Crippen LogP contribution in [0.1, 0.15) is 215 Å². The van der Waals surface area contributed by atoms with Gasteiger partial charge >= 0.3 is 32.1 Å². The van der Waals surface area contributed by atoms with Crippen molar-refractivity contribution in [2.24, 2.45) is 21.7 Å². The average Bonchev–Trinajstić information content (AvgIpc) is 1.09. The predicted octanol–water partition coefficient (Wildman–Crippen LogP) is 14.3. The van der Waals surface area contributed by atoms with Gasteiger partial charge in [0.25, 0.3) is 11.6 Å². The van der Waals surface area contributed by atoms with E-state index in [0.29, 0.717) is 45.0 Å². The van der Waals surface area contributed by atoms with E-state index >= 15 is 13.3 Å². The first-order chi connectivity index (χ1) is 39.9. The first-order valence-corrected chi connectivity index (χ1v) is 31.1. The minimum absolute atomic E-state index is 0.0816. The van der Waals surface area contributed by atoms with Crippen molar-refractivity contribution in [3.63, 3.8) is 0 Å². The molecule has 2 aromatic carbocycles. The Morgan fingerprint density at radius 1 is 0.500 bits per heavy atom. The Labute approximate surface area is 506 Å². The highest BCUT2D eigenvalue weighted by Crippen LogP contribution is 2.44. The highest BCUT2D eigenvalue weighted by Gasteiger charge is 2.48. The number of pyridine rings is 2.